The number of benzene rings is 3. The van der Waals surface area contributed by atoms with Gasteiger partial charge in [0, 0.05) is 11.3 Å². The van der Waals surface area contributed by atoms with Crippen molar-refractivity contribution >= 4 is 34.7 Å². The number of Topliss-reactive ketones (excluding diaryl/α,β-unsaturated/α-hetero) is 1. The van der Waals surface area contributed by atoms with E-state index in [4.69, 9.17) is 21.1 Å². The highest BCUT2D eigenvalue weighted by Crippen LogP contribution is 2.43. The number of halogens is 2. The highest BCUT2D eigenvalue weighted by molar-refractivity contribution is 6.51. The minimum atomic E-state index is -1.01. The first-order valence-corrected chi connectivity index (χ1v) is 11.7. The predicted molar refractivity (Wildman–Crippen MR) is 136 cm³/mol. The van der Waals surface area contributed by atoms with Crippen molar-refractivity contribution in [1.82, 2.24) is 0 Å². The number of nitrogens with zero attached hydrogens (tertiary/aromatic N) is 1. The van der Waals surface area contributed by atoms with Crippen LogP contribution in [0.2, 0.25) is 5.02 Å². The molecule has 36 heavy (non-hydrogen) atoms. The molecule has 8 heteroatoms. The molecule has 3 aromatic carbocycles. The minimum absolute atomic E-state index is 0.0386. The van der Waals surface area contributed by atoms with Gasteiger partial charge in [-0.25, -0.2) is 4.39 Å². The average Bonchev–Trinajstić information content (AvgIpc) is 3.10. The average molecular weight is 510 g/mol. The molecular formula is C28H25ClFNO5. The van der Waals surface area contributed by atoms with Crippen LogP contribution < -0.4 is 14.4 Å². The van der Waals surface area contributed by atoms with Crippen LogP contribution in [0.5, 0.6) is 11.5 Å². The largest absolute Gasteiger partial charge is 0.507 e. The Kier molecular flexibility index (Phi) is 7.04. The SMILES string of the molecule is COc1ccc(N2C(=O)C(=O)/C(=C(/O)c3ccc(OC(C)C)c(C)c3)C2c2ccc(F)cc2)cc1Cl. The fraction of sp³-hybridized carbons (Fsp3) is 0.214. The third-order valence-electron chi connectivity index (χ3n) is 5.85. The summed E-state index contributed by atoms with van der Waals surface area (Å²) in [5.74, 6) is -1.49. The van der Waals surface area contributed by atoms with Gasteiger partial charge in [0.05, 0.1) is 29.9 Å². The number of anilines is 1. The van der Waals surface area contributed by atoms with Gasteiger partial charge in [0.25, 0.3) is 11.7 Å². The molecule has 1 N–H and O–H groups in total. The van der Waals surface area contributed by atoms with Crippen LogP contribution >= 0.6 is 11.6 Å². The fourth-order valence-corrected chi connectivity index (χ4v) is 4.45. The monoisotopic (exact) mass is 509 g/mol. The molecule has 1 aliphatic rings. The second-order valence-electron chi connectivity index (χ2n) is 8.69. The first kappa shape index (κ1) is 25.3. The molecule has 4 rings (SSSR count). The molecular weight excluding hydrogens is 485 g/mol. The van der Waals surface area contributed by atoms with E-state index in [2.05, 4.69) is 0 Å². The van der Waals surface area contributed by atoms with Crippen molar-refractivity contribution < 1.29 is 28.6 Å². The highest BCUT2D eigenvalue weighted by Gasteiger charge is 2.47. The van der Waals surface area contributed by atoms with Gasteiger partial charge in [-0.1, -0.05) is 23.7 Å². The highest BCUT2D eigenvalue weighted by atomic mass is 35.5. The van der Waals surface area contributed by atoms with Gasteiger partial charge in [0.15, 0.2) is 0 Å². The molecule has 1 amide bonds. The van der Waals surface area contributed by atoms with E-state index in [0.29, 0.717) is 28.3 Å². The van der Waals surface area contributed by atoms with Crippen LogP contribution in [0.4, 0.5) is 10.1 Å². The molecule has 0 spiro atoms. The van der Waals surface area contributed by atoms with Crippen LogP contribution in [0, 0.1) is 12.7 Å². The summed E-state index contributed by atoms with van der Waals surface area (Å²) in [6, 6.07) is 14.1. The quantitative estimate of drug-likeness (QED) is 0.243. The van der Waals surface area contributed by atoms with Crippen LogP contribution in [-0.2, 0) is 9.59 Å². The third kappa shape index (κ3) is 4.66. The number of aliphatic hydroxyl groups is 1. The lowest BCUT2D eigenvalue weighted by Crippen LogP contribution is -2.29. The lowest BCUT2D eigenvalue weighted by Gasteiger charge is -2.26. The van der Waals surface area contributed by atoms with E-state index in [0.717, 1.165) is 5.56 Å². The Balaban J connectivity index is 1.89. The number of aryl methyl sites for hydroxylation is 1. The summed E-state index contributed by atoms with van der Waals surface area (Å²) in [4.78, 5) is 27.8. The molecule has 1 unspecified atom stereocenters. The Hall–Kier alpha value is -3.84. The number of amides is 1. The molecule has 186 valence electrons. The second-order valence-corrected chi connectivity index (χ2v) is 9.09. The summed E-state index contributed by atoms with van der Waals surface area (Å²) in [6.45, 7) is 5.63. The molecule has 3 aromatic rings. The maximum atomic E-state index is 13.7. The standard InChI is InChI=1S/C28H25ClFNO5/c1-15(2)36-22-11-7-18(13-16(22)3)26(32)24-25(17-5-8-19(30)9-6-17)31(28(34)27(24)33)20-10-12-23(35-4)21(29)14-20/h5-15,25,32H,1-4H3/b26-24+. The number of aliphatic hydroxyl groups excluding tert-OH is 1. The smallest absolute Gasteiger partial charge is 0.300 e. The summed E-state index contributed by atoms with van der Waals surface area (Å²) >= 11 is 6.30. The van der Waals surface area contributed by atoms with Crippen molar-refractivity contribution in [1.29, 1.82) is 0 Å². The van der Waals surface area contributed by atoms with Crippen molar-refractivity contribution in [3.05, 3.63) is 93.8 Å². The first-order valence-electron chi connectivity index (χ1n) is 11.3. The Morgan fingerprint density at radius 2 is 1.69 bits per heavy atom. The zero-order chi connectivity index (χ0) is 26.1. The normalized spacial score (nSPS) is 17.1. The van der Waals surface area contributed by atoms with Gasteiger partial charge in [0.1, 0.15) is 23.1 Å². The number of ether oxygens (including phenoxy) is 2. The number of carbonyl (C=O) groups is 2. The zero-order valence-electron chi connectivity index (χ0n) is 20.2. The Labute approximate surface area is 213 Å². The summed E-state index contributed by atoms with van der Waals surface area (Å²) < 4.78 is 24.7. The van der Waals surface area contributed by atoms with E-state index in [9.17, 15) is 19.1 Å². The van der Waals surface area contributed by atoms with Gasteiger partial charge >= 0.3 is 0 Å². The van der Waals surface area contributed by atoms with E-state index < -0.39 is 23.5 Å². The maximum Gasteiger partial charge on any atom is 0.300 e. The molecule has 0 saturated carbocycles. The summed E-state index contributed by atoms with van der Waals surface area (Å²) in [7, 11) is 1.46. The van der Waals surface area contributed by atoms with Crippen LogP contribution in [0.3, 0.4) is 0 Å². The first-order chi connectivity index (χ1) is 17.1. The van der Waals surface area contributed by atoms with E-state index in [1.807, 2.05) is 20.8 Å². The van der Waals surface area contributed by atoms with Crippen LogP contribution in [-0.4, -0.2) is 30.0 Å². The number of methoxy groups -OCH3 is 1. The third-order valence-corrected chi connectivity index (χ3v) is 6.15. The summed E-state index contributed by atoms with van der Waals surface area (Å²) in [5.41, 5.74) is 1.76. The number of hydrogen-bond donors (Lipinski definition) is 1. The molecule has 0 aromatic heterocycles. The van der Waals surface area contributed by atoms with Crippen LogP contribution in [0.1, 0.15) is 36.6 Å². The minimum Gasteiger partial charge on any atom is -0.507 e. The molecule has 0 radical (unpaired) electrons. The number of rotatable bonds is 6. The van der Waals surface area contributed by atoms with E-state index in [1.165, 1.54) is 42.3 Å². The molecule has 1 fully saturated rings. The van der Waals surface area contributed by atoms with Gasteiger partial charge in [-0.05, 0) is 80.4 Å². The van der Waals surface area contributed by atoms with Crippen molar-refractivity contribution in [3.8, 4) is 11.5 Å². The lowest BCUT2D eigenvalue weighted by atomic mass is 9.94. The maximum absolute atomic E-state index is 13.7. The van der Waals surface area contributed by atoms with Crippen LogP contribution in [0.25, 0.3) is 5.76 Å². The van der Waals surface area contributed by atoms with Gasteiger partial charge in [-0.15, -0.1) is 0 Å². The molecule has 0 bridgehead atoms. The van der Waals surface area contributed by atoms with Gasteiger partial charge in [-0.3, -0.25) is 14.5 Å². The molecule has 6 nitrogen and oxygen atoms in total. The predicted octanol–water partition coefficient (Wildman–Crippen LogP) is 6.21. The van der Waals surface area contributed by atoms with Crippen LogP contribution in [0.15, 0.2) is 66.2 Å². The zero-order valence-corrected chi connectivity index (χ0v) is 21.0. The Morgan fingerprint density at radius 3 is 2.28 bits per heavy atom. The number of ketones is 1. The molecule has 1 heterocycles. The van der Waals surface area contributed by atoms with E-state index in [1.54, 1.807) is 30.3 Å². The van der Waals surface area contributed by atoms with Gasteiger partial charge in [-0.2, -0.15) is 0 Å². The van der Waals surface area contributed by atoms with E-state index in [-0.39, 0.29) is 22.5 Å². The van der Waals surface area contributed by atoms with Crippen molar-refractivity contribution in [3.63, 3.8) is 0 Å². The number of hydrogen-bond acceptors (Lipinski definition) is 5. The van der Waals surface area contributed by atoms with Crippen molar-refractivity contribution in [2.45, 2.75) is 32.9 Å². The molecule has 0 aliphatic carbocycles. The Morgan fingerprint density at radius 1 is 1.03 bits per heavy atom. The molecule has 1 saturated heterocycles. The lowest BCUT2D eigenvalue weighted by molar-refractivity contribution is -0.132. The summed E-state index contributed by atoms with van der Waals surface area (Å²) in [5, 5.41) is 11.6. The van der Waals surface area contributed by atoms with E-state index >= 15 is 0 Å². The molecule has 1 aliphatic heterocycles. The topological polar surface area (TPSA) is 76.1 Å². The van der Waals surface area contributed by atoms with Gasteiger partial charge in [0.2, 0.25) is 0 Å². The second kappa shape index (κ2) is 10.0. The van der Waals surface area contributed by atoms with Crippen molar-refractivity contribution in [2.24, 2.45) is 0 Å². The van der Waals surface area contributed by atoms with Gasteiger partial charge < -0.3 is 14.6 Å². The fourth-order valence-electron chi connectivity index (χ4n) is 4.20. The number of carbonyl (C=O) groups excluding carboxylic acids is 2. The van der Waals surface area contributed by atoms with Crippen molar-refractivity contribution in [2.75, 3.05) is 12.0 Å². The Bertz CT molecular complexity index is 1370. The molecule has 1 atom stereocenters. The summed E-state index contributed by atoms with van der Waals surface area (Å²) in [6.07, 6.45) is -0.0386.